The average molecular weight is 390 g/mol. The van der Waals surface area contributed by atoms with E-state index in [4.69, 9.17) is 5.73 Å². The summed E-state index contributed by atoms with van der Waals surface area (Å²) in [5, 5.41) is 5.73. The maximum Gasteiger partial charge on any atom is 0.228 e. The van der Waals surface area contributed by atoms with Crippen molar-refractivity contribution in [2.24, 2.45) is 0 Å². The van der Waals surface area contributed by atoms with E-state index in [-0.39, 0.29) is 36.7 Å². The van der Waals surface area contributed by atoms with Crippen LogP contribution >= 0.6 is 12.4 Å². The number of hydrogen-bond donors (Lipinski definition) is 3. The number of hydrogen-bond acceptors (Lipinski definition) is 3. The van der Waals surface area contributed by atoms with Crippen molar-refractivity contribution in [1.82, 2.24) is 5.32 Å². The van der Waals surface area contributed by atoms with Gasteiger partial charge in [0.25, 0.3) is 0 Å². The van der Waals surface area contributed by atoms with Crippen LogP contribution in [0.2, 0.25) is 0 Å². The summed E-state index contributed by atoms with van der Waals surface area (Å²) in [5.74, 6) is -1.54. The Bertz CT molecular complexity index is 903. The molecule has 0 aromatic heterocycles. The van der Waals surface area contributed by atoms with Crippen molar-refractivity contribution < 1.29 is 14.0 Å². The van der Waals surface area contributed by atoms with Crippen LogP contribution < -0.4 is 16.4 Å². The summed E-state index contributed by atoms with van der Waals surface area (Å²) < 4.78 is 13.5. The summed E-state index contributed by atoms with van der Waals surface area (Å²) in [6, 6.07) is 9.81. The van der Waals surface area contributed by atoms with Crippen LogP contribution in [-0.4, -0.2) is 11.8 Å². The van der Waals surface area contributed by atoms with Gasteiger partial charge in [0, 0.05) is 17.8 Å². The van der Waals surface area contributed by atoms with Crippen LogP contribution in [0.3, 0.4) is 0 Å². The molecule has 0 fully saturated rings. The van der Waals surface area contributed by atoms with Gasteiger partial charge >= 0.3 is 0 Å². The van der Waals surface area contributed by atoms with Gasteiger partial charge in [0.05, 0.1) is 12.0 Å². The molecule has 0 saturated heterocycles. The molecular formula is C20H21ClFN3O2. The molecule has 5 nitrogen and oxygen atoms in total. The summed E-state index contributed by atoms with van der Waals surface area (Å²) in [6.45, 7) is 0. The van der Waals surface area contributed by atoms with Gasteiger partial charge in [-0.2, -0.15) is 0 Å². The molecule has 4 rings (SSSR count). The van der Waals surface area contributed by atoms with Crippen molar-refractivity contribution >= 4 is 35.6 Å². The Hall–Kier alpha value is -2.60. The van der Waals surface area contributed by atoms with Crippen LogP contribution in [0.5, 0.6) is 0 Å². The minimum absolute atomic E-state index is 0. The van der Waals surface area contributed by atoms with E-state index >= 15 is 0 Å². The van der Waals surface area contributed by atoms with Gasteiger partial charge in [-0.25, -0.2) is 4.39 Å². The Kier molecular flexibility index (Phi) is 5.37. The summed E-state index contributed by atoms with van der Waals surface area (Å²) in [7, 11) is 0. The molecule has 4 N–H and O–H groups in total. The van der Waals surface area contributed by atoms with Gasteiger partial charge in [-0.3, -0.25) is 9.59 Å². The first-order valence-electron chi connectivity index (χ1n) is 8.79. The predicted molar refractivity (Wildman–Crippen MR) is 104 cm³/mol. The number of nitrogens with one attached hydrogen (secondary N) is 2. The largest absolute Gasteiger partial charge is 0.399 e. The van der Waals surface area contributed by atoms with Gasteiger partial charge in [-0.15, -0.1) is 12.4 Å². The number of benzene rings is 2. The molecule has 142 valence electrons. The number of fused-ring (bicyclic) bond motifs is 2. The number of anilines is 2. The second-order valence-corrected chi connectivity index (χ2v) is 6.95. The lowest BCUT2D eigenvalue weighted by atomic mass is 9.85. The number of amides is 2. The molecule has 2 aromatic rings. The lowest BCUT2D eigenvalue weighted by Gasteiger charge is -2.30. The Morgan fingerprint density at radius 1 is 1.19 bits per heavy atom. The summed E-state index contributed by atoms with van der Waals surface area (Å²) in [6.07, 6.45) is 2.82. The lowest BCUT2D eigenvalue weighted by molar-refractivity contribution is -0.127. The molecule has 2 aliphatic rings. The first-order valence-corrected chi connectivity index (χ1v) is 8.79. The first-order chi connectivity index (χ1) is 12.5. The van der Waals surface area contributed by atoms with Crippen molar-refractivity contribution in [1.29, 1.82) is 0 Å². The topological polar surface area (TPSA) is 84.2 Å². The van der Waals surface area contributed by atoms with E-state index in [1.165, 1.54) is 12.1 Å². The minimum Gasteiger partial charge on any atom is -0.399 e. The third-order valence-electron chi connectivity index (χ3n) is 5.17. The van der Waals surface area contributed by atoms with Crippen molar-refractivity contribution in [3.05, 3.63) is 58.9 Å². The molecule has 0 saturated carbocycles. The van der Waals surface area contributed by atoms with Gasteiger partial charge in [0.2, 0.25) is 11.8 Å². The fourth-order valence-corrected chi connectivity index (χ4v) is 3.93. The molecule has 1 aliphatic carbocycles. The number of rotatable bonds is 2. The Morgan fingerprint density at radius 2 is 1.96 bits per heavy atom. The fourth-order valence-electron chi connectivity index (χ4n) is 3.93. The van der Waals surface area contributed by atoms with Crippen LogP contribution in [0.1, 0.15) is 47.9 Å². The lowest BCUT2D eigenvalue weighted by Crippen LogP contribution is -2.38. The van der Waals surface area contributed by atoms with E-state index < -0.39 is 11.7 Å². The molecule has 1 aliphatic heterocycles. The van der Waals surface area contributed by atoms with Crippen LogP contribution in [0.25, 0.3) is 0 Å². The van der Waals surface area contributed by atoms with E-state index in [0.717, 1.165) is 36.1 Å². The summed E-state index contributed by atoms with van der Waals surface area (Å²) >= 11 is 0. The molecule has 0 bridgehead atoms. The molecule has 2 aromatic carbocycles. The summed E-state index contributed by atoms with van der Waals surface area (Å²) in [5.41, 5.74) is 9.84. The number of nitrogen functional groups attached to an aromatic ring is 1. The number of carbonyl (C=O) groups excluding carboxylic acids is 2. The van der Waals surface area contributed by atoms with E-state index in [1.807, 2.05) is 18.2 Å². The maximum absolute atomic E-state index is 13.5. The van der Waals surface area contributed by atoms with E-state index in [0.29, 0.717) is 11.3 Å². The zero-order valence-electron chi connectivity index (χ0n) is 14.6. The van der Waals surface area contributed by atoms with E-state index in [9.17, 15) is 14.0 Å². The van der Waals surface area contributed by atoms with Gasteiger partial charge < -0.3 is 16.4 Å². The highest BCUT2D eigenvalue weighted by Gasteiger charge is 2.33. The molecule has 2 amide bonds. The van der Waals surface area contributed by atoms with Crippen molar-refractivity contribution in [2.75, 3.05) is 11.1 Å². The molecule has 1 heterocycles. The first kappa shape index (κ1) is 19.2. The Labute approximate surface area is 162 Å². The van der Waals surface area contributed by atoms with E-state index in [1.54, 1.807) is 6.07 Å². The van der Waals surface area contributed by atoms with Gasteiger partial charge in [-0.1, -0.05) is 12.1 Å². The van der Waals surface area contributed by atoms with Crippen LogP contribution in [-0.2, 0) is 16.0 Å². The van der Waals surface area contributed by atoms with Gasteiger partial charge in [-0.05, 0) is 60.2 Å². The molecule has 0 radical (unpaired) electrons. The second-order valence-electron chi connectivity index (χ2n) is 6.95. The standard InChI is InChI=1S/C20H20FN3O2.ClH/c21-12-4-6-15-16(10-19(25)23-18(15)9-12)20(26)24-17-3-1-2-11-8-13(22)5-7-14(11)17;/h4-9,16-17H,1-3,10,22H2,(H,23,25)(H,24,26);1H. The second kappa shape index (κ2) is 7.56. The minimum atomic E-state index is -0.612. The Morgan fingerprint density at radius 3 is 2.78 bits per heavy atom. The molecule has 0 spiro atoms. The smallest absolute Gasteiger partial charge is 0.228 e. The zero-order chi connectivity index (χ0) is 18.3. The Balaban J connectivity index is 0.00000210. The third kappa shape index (κ3) is 3.76. The molecule has 2 atom stereocenters. The fraction of sp³-hybridized carbons (Fsp3) is 0.300. The maximum atomic E-state index is 13.5. The number of carbonyl (C=O) groups is 2. The van der Waals surface area contributed by atoms with Crippen LogP contribution in [0.15, 0.2) is 36.4 Å². The molecule has 7 heteroatoms. The zero-order valence-corrected chi connectivity index (χ0v) is 15.4. The monoisotopic (exact) mass is 389 g/mol. The molecular weight excluding hydrogens is 369 g/mol. The normalized spacial score (nSPS) is 20.6. The SMILES string of the molecule is Cl.Nc1ccc2c(c1)CCCC2NC(=O)C1CC(=O)Nc2cc(F)ccc21. The van der Waals surface area contributed by atoms with Gasteiger partial charge in [0.15, 0.2) is 0 Å². The quantitative estimate of drug-likeness (QED) is 0.688. The highest BCUT2D eigenvalue weighted by molar-refractivity contribution is 6.01. The number of aryl methyl sites for hydroxylation is 1. The van der Waals surface area contributed by atoms with Gasteiger partial charge in [0.1, 0.15) is 5.82 Å². The van der Waals surface area contributed by atoms with Crippen molar-refractivity contribution in [3.63, 3.8) is 0 Å². The highest BCUT2D eigenvalue weighted by atomic mass is 35.5. The third-order valence-corrected chi connectivity index (χ3v) is 5.17. The highest BCUT2D eigenvalue weighted by Crippen LogP contribution is 2.35. The van der Waals surface area contributed by atoms with Crippen LogP contribution in [0, 0.1) is 5.82 Å². The van der Waals surface area contributed by atoms with E-state index in [2.05, 4.69) is 10.6 Å². The van der Waals surface area contributed by atoms with Crippen LogP contribution in [0.4, 0.5) is 15.8 Å². The number of halogens is 2. The van der Waals surface area contributed by atoms with Crippen molar-refractivity contribution in [2.45, 2.75) is 37.6 Å². The number of nitrogens with two attached hydrogens (primary N) is 1. The predicted octanol–water partition coefficient (Wildman–Crippen LogP) is 3.45. The average Bonchev–Trinajstić information content (AvgIpc) is 2.60. The summed E-state index contributed by atoms with van der Waals surface area (Å²) in [4.78, 5) is 24.9. The molecule has 2 unspecified atom stereocenters. The molecule has 27 heavy (non-hydrogen) atoms. The van der Waals surface area contributed by atoms with Crippen molar-refractivity contribution in [3.8, 4) is 0 Å².